The maximum absolute atomic E-state index is 13.0. The van der Waals surface area contributed by atoms with Crippen molar-refractivity contribution in [2.24, 2.45) is 0 Å². The molecule has 2 atom stereocenters. The van der Waals surface area contributed by atoms with Gasteiger partial charge in [-0.15, -0.1) is 0 Å². The van der Waals surface area contributed by atoms with Crippen LogP contribution in [0.15, 0.2) is 11.6 Å². The topological polar surface area (TPSA) is 48.0 Å². The van der Waals surface area contributed by atoms with Crippen molar-refractivity contribution in [3.63, 3.8) is 0 Å². The molecular formula is C24H45NO4Si. The maximum atomic E-state index is 13.0. The quantitative estimate of drug-likeness (QED) is 0.224. The molecule has 0 N–H and O–H groups in total. The summed E-state index contributed by atoms with van der Waals surface area (Å²) in [5, 5.41) is 0. The van der Waals surface area contributed by atoms with E-state index in [1.165, 1.54) is 0 Å². The molecule has 6 heteroatoms. The van der Waals surface area contributed by atoms with Crippen LogP contribution in [0.5, 0.6) is 0 Å². The van der Waals surface area contributed by atoms with Gasteiger partial charge in [-0.05, 0) is 55.7 Å². The van der Waals surface area contributed by atoms with Gasteiger partial charge in [0.15, 0.2) is 8.32 Å². The van der Waals surface area contributed by atoms with Crippen molar-refractivity contribution in [3.8, 4) is 0 Å². The molecule has 0 spiro atoms. The van der Waals surface area contributed by atoms with Crippen LogP contribution in [0.3, 0.4) is 0 Å². The second kappa shape index (κ2) is 10.8. The molecule has 1 saturated heterocycles. The Bertz CT molecular complexity index is 582. The van der Waals surface area contributed by atoms with E-state index >= 15 is 0 Å². The van der Waals surface area contributed by atoms with Gasteiger partial charge in [-0.3, -0.25) is 4.79 Å². The van der Waals surface area contributed by atoms with Gasteiger partial charge in [-0.1, -0.05) is 47.6 Å². The minimum absolute atomic E-state index is 0.131. The molecule has 0 aromatic carbocycles. The summed E-state index contributed by atoms with van der Waals surface area (Å²) < 4.78 is 17.5. The van der Waals surface area contributed by atoms with Crippen LogP contribution >= 0.6 is 0 Å². The Morgan fingerprint density at radius 1 is 1.17 bits per heavy atom. The molecule has 5 nitrogen and oxygen atoms in total. The Labute approximate surface area is 185 Å². The van der Waals surface area contributed by atoms with E-state index in [2.05, 4.69) is 52.5 Å². The van der Waals surface area contributed by atoms with Crippen LogP contribution in [0.2, 0.25) is 16.6 Å². The maximum Gasteiger partial charge on any atom is 0.250 e. The summed E-state index contributed by atoms with van der Waals surface area (Å²) in [7, 11) is -0.211. The fraction of sp³-hybridized carbons (Fsp3) is 0.875. The summed E-state index contributed by atoms with van der Waals surface area (Å²) >= 11 is 0. The fourth-order valence-corrected chi connectivity index (χ4v) is 11.8. The summed E-state index contributed by atoms with van der Waals surface area (Å²) in [4.78, 5) is 15.1. The van der Waals surface area contributed by atoms with Crippen molar-refractivity contribution >= 4 is 14.2 Å². The Morgan fingerprint density at radius 3 is 2.37 bits per heavy atom. The highest BCUT2D eigenvalue weighted by atomic mass is 28.4. The first-order valence-electron chi connectivity index (χ1n) is 11.9. The van der Waals surface area contributed by atoms with E-state index in [-0.39, 0.29) is 24.3 Å². The molecule has 0 saturated carbocycles. The molecule has 2 rings (SSSR count). The Hall–Kier alpha value is -0.693. The SMILES string of the molecule is COCOC[C@H]1CCC[C@@]2(CCCO[Si](C(C)C)(C(C)C)C(C)C)C=C(C)C(=O)N12. The van der Waals surface area contributed by atoms with Gasteiger partial charge >= 0.3 is 0 Å². The summed E-state index contributed by atoms with van der Waals surface area (Å²) in [6.07, 6.45) is 7.35. The molecule has 0 radical (unpaired) electrons. The number of fused-ring (bicyclic) bond motifs is 1. The van der Waals surface area contributed by atoms with E-state index in [1.54, 1.807) is 7.11 Å². The van der Waals surface area contributed by atoms with Gasteiger partial charge in [-0.2, -0.15) is 0 Å². The zero-order chi connectivity index (χ0) is 22.5. The molecule has 0 aromatic rings. The molecule has 1 amide bonds. The first-order chi connectivity index (χ1) is 14.1. The van der Waals surface area contributed by atoms with Crippen LogP contribution in [0.25, 0.3) is 0 Å². The molecule has 0 aromatic heterocycles. The Balaban J connectivity index is 2.07. The predicted molar refractivity (Wildman–Crippen MR) is 125 cm³/mol. The number of hydrogen-bond donors (Lipinski definition) is 0. The first kappa shape index (κ1) is 25.6. The molecule has 0 bridgehead atoms. The number of rotatable bonds is 12. The average Bonchev–Trinajstić information content (AvgIpc) is 2.92. The minimum atomic E-state index is -1.84. The van der Waals surface area contributed by atoms with Crippen LogP contribution < -0.4 is 0 Å². The lowest BCUT2D eigenvalue weighted by Crippen LogP contribution is -2.56. The lowest BCUT2D eigenvalue weighted by molar-refractivity contribution is -0.140. The monoisotopic (exact) mass is 439 g/mol. The van der Waals surface area contributed by atoms with E-state index in [9.17, 15) is 4.79 Å². The van der Waals surface area contributed by atoms with Crippen molar-refractivity contribution in [1.82, 2.24) is 4.90 Å². The van der Waals surface area contributed by atoms with Gasteiger partial charge in [0.05, 0.1) is 18.2 Å². The number of carbonyl (C=O) groups excluding carboxylic acids is 1. The third kappa shape index (κ3) is 5.03. The van der Waals surface area contributed by atoms with E-state index in [1.807, 2.05) is 6.92 Å². The number of amides is 1. The number of ether oxygens (including phenoxy) is 2. The average molecular weight is 440 g/mol. The smallest absolute Gasteiger partial charge is 0.250 e. The van der Waals surface area contributed by atoms with E-state index in [0.29, 0.717) is 23.2 Å². The van der Waals surface area contributed by atoms with Crippen molar-refractivity contribution in [2.75, 3.05) is 27.1 Å². The lowest BCUT2D eigenvalue weighted by atomic mass is 9.81. The van der Waals surface area contributed by atoms with E-state index in [4.69, 9.17) is 13.9 Å². The number of hydrogen-bond acceptors (Lipinski definition) is 4. The molecule has 2 aliphatic rings. The first-order valence-corrected chi connectivity index (χ1v) is 14.0. The Kier molecular flexibility index (Phi) is 9.16. The van der Waals surface area contributed by atoms with Gasteiger partial charge in [-0.25, -0.2) is 0 Å². The van der Waals surface area contributed by atoms with Crippen LogP contribution in [-0.4, -0.2) is 57.8 Å². The summed E-state index contributed by atoms with van der Waals surface area (Å²) in [5.41, 5.74) is 2.50. The molecule has 2 aliphatic heterocycles. The summed E-state index contributed by atoms with van der Waals surface area (Å²) in [6, 6.07) is 0.131. The Morgan fingerprint density at radius 2 is 1.80 bits per heavy atom. The molecular weight excluding hydrogens is 394 g/mol. The van der Waals surface area contributed by atoms with Gasteiger partial charge in [0.1, 0.15) is 6.79 Å². The van der Waals surface area contributed by atoms with E-state index < -0.39 is 8.32 Å². The molecule has 174 valence electrons. The van der Waals surface area contributed by atoms with Crippen molar-refractivity contribution < 1.29 is 18.7 Å². The molecule has 2 heterocycles. The second-order valence-electron chi connectivity index (χ2n) is 10.2. The van der Waals surface area contributed by atoms with Crippen LogP contribution in [0, 0.1) is 0 Å². The van der Waals surface area contributed by atoms with Gasteiger partial charge < -0.3 is 18.8 Å². The van der Waals surface area contributed by atoms with E-state index in [0.717, 1.165) is 44.3 Å². The van der Waals surface area contributed by atoms with Crippen LogP contribution in [-0.2, 0) is 18.7 Å². The number of nitrogens with zero attached hydrogens (tertiary/aromatic N) is 1. The predicted octanol–water partition coefficient (Wildman–Crippen LogP) is 5.66. The van der Waals surface area contributed by atoms with Crippen molar-refractivity contribution in [2.45, 2.75) is 109 Å². The number of piperidine rings is 1. The molecule has 30 heavy (non-hydrogen) atoms. The van der Waals surface area contributed by atoms with Gasteiger partial charge in [0, 0.05) is 19.3 Å². The third-order valence-corrected chi connectivity index (χ3v) is 13.5. The highest BCUT2D eigenvalue weighted by Crippen LogP contribution is 2.44. The highest BCUT2D eigenvalue weighted by Gasteiger charge is 2.49. The fourth-order valence-electron chi connectivity index (χ4n) is 6.29. The second-order valence-corrected chi connectivity index (χ2v) is 15.7. The zero-order valence-corrected chi connectivity index (χ0v) is 21.6. The van der Waals surface area contributed by atoms with Gasteiger partial charge in [0.2, 0.25) is 5.91 Å². The number of carbonyl (C=O) groups is 1. The summed E-state index contributed by atoms with van der Waals surface area (Å²) in [5.74, 6) is 0.178. The van der Waals surface area contributed by atoms with Crippen molar-refractivity contribution in [3.05, 3.63) is 11.6 Å². The van der Waals surface area contributed by atoms with Crippen molar-refractivity contribution in [1.29, 1.82) is 0 Å². The zero-order valence-electron chi connectivity index (χ0n) is 20.6. The highest BCUT2D eigenvalue weighted by molar-refractivity contribution is 6.77. The number of methoxy groups -OCH3 is 1. The lowest BCUT2D eigenvalue weighted by Gasteiger charge is -2.47. The summed E-state index contributed by atoms with van der Waals surface area (Å²) in [6.45, 7) is 17.6. The minimum Gasteiger partial charge on any atom is -0.416 e. The standard InChI is InChI=1S/C24H45NO4Si/c1-18(2)30(19(3)4,20(5)6)29-14-10-13-24-12-9-11-22(16-28-17-27-8)25(24)23(26)21(7)15-24/h15,18-20,22H,9-14,16-17H2,1-8H3/t22-,24-/m1/s1. The third-order valence-electron chi connectivity index (χ3n) is 7.36. The largest absolute Gasteiger partial charge is 0.416 e. The van der Waals surface area contributed by atoms with Crippen LogP contribution in [0.4, 0.5) is 0 Å². The molecule has 0 unspecified atom stereocenters. The van der Waals surface area contributed by atoms with Crippen LogP contribution in [0.1, 0.15) is 80.6 Å². The normalized spacial score (nSPS) is 24.9. The molecule has 0 aliphatic carbocycles. The molecule has 1 fully saturated rings. The van der Waals surface area contributed by atoms with Gasteiger partial charge in [0.25, 0.3) is 0 Å².